The van der Waals surface area contributed by atoms with Crippen molar-refractivity contribution in [1.82, 2.24) is 10.2 Å². The van der Waals surface area contributed by atoms with E-state index >= 15 is 0 Å². The van der Waals surface area contributed by atoms with Gasteiger partial charge in [0.15, 0.2) is 0 Å². The minimum absolute atomic E-state index is 0.0248. The van der Waals surface area contributed by atoms with Crippen LogP contribution in [0.1, 0.15) is 37.0 Å². The summed E-state index contributed by atoms with van der Waals surface area (Å²) in [4.78, 5) is 39.3. The molecule has 3 rings (SSSR count). The summed E-state index contributed by atoms with van der Waals surface area (Å²) in [6, 6.07) is 22.5. The zero-order valence-electron chi connectivity index (χ0n) is 21.5. The maximum atomic E-state index is 13.7. The van der Waals surface area contributed by atoms with Crippen LogP contribution in [0.4, 0.5) is 5.69 Å². The van der Waals surface area contributed by atoms with E-state index in [4.69, 9.17) is 11.6 Å². The first-order valence-electron chi connectivity index (χ1n) is 12.5. The van der Waals surface area contributed by atoms with Crippen LogP contribution in [0.15, 0.2) is 78.9 Å². The number of carbonyl (C=O) groups excluding carboxylic acids is 2. The summed E-state index contributed by atoms with van der Waals surface area (Å²) in [5.41, 5.74) is 2.61. The predicted octanol–water partition coefficient (Wildman–Crippen LogP) is 6.04. The van der Waals surface area contributed by atoms with Gasteiger partial charge in [0.25, 0.3) is 5.69 Å². The van der Waals surface area contributed by atoms with E-state index in [2.05, 4.69) is 5.32 Å². The van der Waals surface area contributed by atoms with Crippen LogP contribution >= 0.6 is 23.4 Å². The maximum Gasteiger partial charge on any atom is 0.269 e. The van der Waals surface area contributed by atoms with E-state index < -0.39 is 11.0 Å². The van der Waals surface area contributed by atoms with Crippen LogP contribution in [0, 0.1) is 10.1 Å². The minimum Gasteiger partial charge on any atom is -0.352 e. The Bertz CT molecular complexity index is 1220. The molecule has 3 aromatic rings. The second-order valence-electron chi connectivity index (χ2n) is 9.05. The van der Waals surface area contributed by atoms with Gasteiger partial charge in [-0.3, -0.25) is 19.7 Å². The Balaban J connectivity index is 1.84. The standard InChI is InChI=1S/C29H32ClN3O4S/c1-3-21(2)31-29(35)27(17-22-9-5-4-6-10-22)32(18-24-11-7-8-12-26(24)30)28(34)20-38-19-23-13-15-25(16-14-23)33(36)37/h4-16,21,27H,3,17-20H2,1-2H3,(H,31,35)/t21-,27+/m0/s1. The largest absolute Gasteiger partial charge is 0.352 e. The van der Waals surface area contributed by atoms with Crippen LogP contribution in [-0.4, -0.2) is 39.5 Å². The zero-order chi connectivity index (χ0) is 27.5. The molecule has 3 aromatic carbocycles. The number of hydrogen-bond acceptors (Lipinski definition) is 5. The number of carbonyl (C=O) groups is 2. The van der Waals surface area contributed by atoms with Crippen molar-refractivity contribution >= 4 is 40.9 Å². The van der Waals surface area contributed by atoms with Crippen molar-refractivity contribution in [3.8, 4) is 0 Å². The topological polar surface area (TPSA) is 92.6 Å². The molecule has 2 amide bonds. The molecule has 38 heavy (non-hydrogen) atoms. The van der Waals surface area contributed by atoms with Crippen molar-refractivity contribution in [2.45, 2.75) is 51.1 Å². The highest BCUT2D eigenvalue weighted by atomic mass is 35.5. The Labute approximate surface area is 232 Å². The molecule has 200 valence electrons. The summed E-state index contributed by atoms with van der Waals surface area (Å²) in [7, 11) is 0. The fraction of sp³-hybridized carbons (Fsp3) is 0.310. The normalized spacial score (nSPS) is 12.4. The molecule has 0 aliphatic carbocycles. The average Bonchev–Trinajstić information content (AvgIpc) is 2.92. The van der Waals surface area contributed by atoms with Crippen LogP contribution in [-0.2, 0) is 28.3 Å². The van der Waals surface area contributed by atoms with Crippen molar-refractivity contribution in [3.05, 3.63) is 111 Å². The highest BCUT2D eigenvalue weighted by Crippen LogP contribution is 2.23. The molecule has 0 aliphatic rings. The SMILES string of the molecule is CC[C@H](C)NC(=O)[C@@H](Cc1ccccc1)N(Cc1ccccc1Cl)C(=O)CSCc1ccc([N+](=O)[O-])cc1. The van der Waals surface area contributed by atoms with Gasteiger partial charge in [-0.1, -0.05) is 79.2 Å². The van der Waals surface area contributed by atoms with Gasteiger partial charge in [0, 0.05) is 41.9 Å². The number of amides is 2. The lowest BCUT2D eigenvalue weighted by Gasteiger charge is -2.32. The third-order valence-electron chi connectivity index (χ3n) is 6.21. The van der Waals surface area contributed by atoms with Gasteiger partial charge in [-0.15, -0.1) is 11.8 Å². The first-order chi connectivity index (χ1) is 18.3. The van der Waals surface area contributed by atoms with E-state index in [1.54, 1.807) is 23.1 Å². The third-order valence-corrected chi connectivity index (χ3v) is 7.57. The molecule has 0 aliphatic heterocycles. The number of halogens is 1. The molecule has 7 nitrogen and oxygen atoms in total. The maximum absolute atomic E-state index is 13.7. The number of benzene rings is 3. The molecule has 0 spiro atoms. The smallest absolute Gasteiger partial charge is 0.269 e. The Morgan fingerprint density at radius 3 is 2.29 bits per heavy atom. The third kappa shape index (κ3) is 8.60. The molecule has 0 fully saturated rings. The summed E-state index contributed by atoms with van der Waals surface area (Å²) >= 11 is 7.85. The molecule has 0 radical (unpaired) electrons. The number of nitro groups is 1. The number of nitro benzene ring substituents is 1. The van der Waals surface area contributed by atoms with Crippen LogP contribution in [0.2, 0.25) is 5.02 Å². The zero-order valence-corrected chi connectivity index (χ0v) is 23.1. The van der Waals surface area contributed by atoms with Crippen LogP contribution < -0.4 is 5.32 Å². The highest BCUT2D eigenvalue weighted by molar-refractivity contribution is 7.99. The lowest BCUT2D eigenvalue weighted by Crippen LogP contribution is -2.52. The molecule has 0 heterocycles. The van der Waals surface area contributed by atoms with Gasteiger partial charge in [-0.25, -0.2) is 0 Å². The van der Waals surface area contributed by atoms with E-state index in [9.17, 15) is 19.7 Å². The van der Waals surface area contributed by atoms with E-state index in [1.165, 1.54) is 23.9 Å². The van der Waals surface area contributed by atoms with Crippen molar-refractivity contribution < 1.29 is 14.5 Å². The van der Waals surface area contributed by atoms with E-state index in [1.807, 2.05) is 62.4 Å². The van der Waals surface area contributed by atoms with Crippen LogP contribution in [0.5, 0.6) is 0 Å². The number of rotatable bonds is 13. The lowest BCUT2D eigenvalue weighted by molar-refractivity contribution is -0.384. The summed E-state index contributed by atoms with van der Waals surface area (Å²) in [6.07, 6.45) is 1.14. The second-order valence-corrected chi connectivity index (χ2v) is 10.4. The van der Waals surface area contributed by atoms with Gasteiger partial charge >= 0.3 is 0 Å². The van der Waals surface area contributed by atoms with Gasteiger partial charge in [0.2, 0.25) is 11.8 Å². The average molecular weight is 554 g/mol. The van der Waals surface area contributed by atoms with Crippen molar-refractivity contribution in [1.29, 1.82) is 0 Å². The molecule has 9 heteroatoms. The van der Waals surface area contributed by atoms with Crippen molar-refractivity contribution in [2.24, 2.45) is 0 Å². The molecule has 0 unspecified atom stereocenters. The van der Waals surface area contributed by atoms with Crippen LogP contribution in [0.3, 0.4) is 0 Å². The van der Waals surface area contributed by atoms with E-state index in [0.717, 1.165) is 23.1 Å². The predicted molar refractivity (Wildman–Crippen MR) is 153 cm³/mol. The number of nitrogens with zero attached hydrogens (tertiary/aromatic N) is 2. The van der Waals surface area contributed by atoms with Crippen LogP contribution in [0.25, 0.3) is 0 Å². The molecule has 0 saturated heterocycles. The Morgan fingerprint density at radius 1 is 1.00 bits per heavy atom. The molecule has 2 atom stereocenters. The molecule has 0 saturated carbocycles. The lowest BCUT2D eigenvalue weighted by atomic mass is 10.0. The van der Waals surface area contributed by atoms with E-state index in [0.29, 0.717) is 17.2 Å². The Kier molecular flexibility index (Phi) is 11.2. The molecule has 1 N–H and O–H groups in total. The van der Waals surface area contributed by atoms with Gasteiger partial charge in [0.05, 0.1) is 10.7 Å². The number of hydrogen-bond donors (Lipinski definition) is 1. The quantitative estimate of drug-likeness (QED) is 0.206. The van der Waals surface area contributed by atoms with Gasteiger partial charge in [0.1, 0.15) is 6.04 Å². The molecular weight excluding hydrogens is 522 g/mol. The van der Waals surface area contributed by atoms with Gasteiger partial charge < -0.3 is 10.2 Å². The van der Waals surface area contributed by atoms with Crippen molar-refractivity contribution in [3.63, 3.8) is 0 Å². The molecule has 0 bridgehead atoms. The van der Waals surface area contributed by atoms with Gasteiger partial charge in [-0.05, 0) is 36.1 Å². The first kappa shape index (κ1) is 29.2. The van der Waals surface area contributed by atoms with Gasteiger partial charge in [-0.2, -0.15) is 0 Å². The monoisotopic (exact) mass is 553 g/mol. The summed E-state index contributed by atoms with van der Waals surface area (Å²) in [6.45, 7) is 4.14. The number of nitrogens with one attached hydrogen (secondary N) is 1. The second kappa shape index (κ2) is 14.5. The first-order valence-corrected chi connectivity index (χ1v) is 14.0. The summed E-state index contributed by atoms with van der Waals surface area (Å²) < 4.78 is 0. The minimum atomic E-state index is -0.727. The highest BCUT2D eigenvalue weighted by Gasteiger charge is 2.31. The molecular formula is C29H32ClN3O4S. The Hall–Kier alpha value is -3.36. The summed E-state index contributed by atoms with van der Waals surface area (Å²) in [5.74, 6) is 0.260. The fourth-order valence-corrected chi connectivity index (χ4v) is 4.92. The number of non-ortho nitro benzene ring substituents is 1. The fourth-order valence-electron chi connectivity index (χ4n) is 3.86. The summed E-state index contributed by atoms with van der Waals surface area (Å²) in [5, 5.41) is 14.5. The molecule has 0 aromatic heterocycles. The van der Waals surface area contributed by atoms with E-state index in [-0.39, 0.29) is 35.8 Å². The Morgan fingerprint density at radius 2 is 1.66 bits per heavy atom. The van der Waals surface area contributed by atoms with Crippen molar-refractivity contribution in [2.75, 3.05) is 5.75 Å². The number of thioether (sulfide) groups is 1.